The maximum atomic E-state index is 13.1. The molecule has 0 bridgehead atoms. The zero-order valence-electron chi connectivity index (χ0n) is 12.6. The molecule has 3 heterocycles. The first-order valence-electron chi connectivity index (χ1n) is 7.68. The fraction of sp³-hybridized carbons (Fsp3) is 0.500. The van der Waals surface area contributed by atoms with Gasteiger partial charge in [-0.1, -0.05) is 0 Å². The number of pyridine rings is 1. The van der Waals surface area contributed by atoms with Gasteiger partial charge in [0, 0.05) is 29.9 Å². The van der Waals surface area contributed by atoms with E-state index in [0.29, 0.717) is 12.1 Å². The van der Waals surface area contributed by atoms with Crippen LogP contribution in [0.15, 0.2) is 22.8 Å². The number of carbonyl (C=O) groups excluding carboxylic acids is 1. The average molecular weight is 366 g/mol. The van der Waals surface area contributed by atoms with E-state index >= 15 is 0 Å². The Hall–Kier alpha value is -1.40. The minimum absolute atomic E-state index is 0.0150. The predicted molar refractivity (Wildman–Crippen MR) is 88.0 cm³/mol. The molecule has 1 unspecified atom stereocenters. The van der Waals surface area contributed by atoms with E-state index in [4.69, 9.17) is 0 Å². The number of nitrogens with zero attached hydrogens (tertiary/aromatic N) is 3. The Balaban J connectivity index is 2.00. The molecule has 1 aliphatic rings. The third kappa shape index (κ3) is 2.77. The molecule has 0 radical (unpaired) electrons. The van der Waals surface area contributed by atoms with Crippen molar-refractivity contribution in [3.63, 3.8) is 0 Å². The van der Waals surface area contributed by atoms with E-state index < -0.39 is 0 Å². The van der Waals surface area contributed by atoms with Gasteiger partial charge in [0.05, 0.1) is 5.69 Å². The summed E-state index contributed by atoms with van der Waals surface area (Å²) in [6.45, 7) is 2.75. The second-order valence-corrected chi connectivity index (χ2v) is 6.70. The zero-order chi connectivity index (χ0) is 15.7. The van der Waals surface area contributed by atoms with Gasteiger partial charge in [-0.3, -0.25) is 9.20 Å². The number of aliphatic hydroxyl groups is 1. The van der Waals surface area contributed by atoms with Gasteiger partial charge in [-0.25, -0.2) is 4.98 Å². The summed E-state index contributed by atoms with van der Waals surface area (Å²) in [5, 5.41) is 9.25. The largest absolute Gasteiger partial charge is 0.396 e. The smallest absolute Gasteiger partial charge is 0.273 e. The number of hydrogen-bond donors (Lipinski definition) is 1. The minimum atomic E-state index is 0.0150. The van der Waals surface area contributed by atoms with E-state index in [-0.39, 0.29) is 18.6 Å². The molecule has 0 spiro atoms. The van der Waals surface area contributed by atoms with Crippen molar-refractivity contribution in [1.82, 2.24) is 14.3 Å². The van der Waals surface area contributed by atoms with Crippen molar-refractivity contribution < 1.29 is 9.90 Å². The number of carbonyl (C=O) groups is 1. The summed E-state index contributed by atoms with van der Waals surface area (Å²) < 4.78 is 2.77. The summed E-state index contributed by atoms with van der Waals surface area (Å²) in [5.41, 5.74) is 2.15. The molecule has 0 aromatic carbocycles. The molecule has 5 nitrogen and oxygen atoms in total. The number of fused-ring (bicyclic) bond motifs is 1. The van der Waals surface area contributed by atoms with Gasteiger partial charge in [-0.2, -0.15) is 0 Å². The van der Waals surface area contributed by atoms with Crippen LogP contribution in [0.3, 0.4) is 0 Å². The number of likely N-dealkylation sites (tertiary alicyclic amines) is 1. The lowest BCUT2D eigenvalue weighted by molar-refractivity contribution is 0.0567. The van der Waals surface area contributed by atoms with Crippen molar-refractivity contribution in [1.29, 1.82) is 0 Å². The number of piperidine rings is 1. The molecule has 1 N–H and O–H groups in total. The Morgan fingerprint density at radius 3 is 3.05 bits per heavy atom. The molecular formula is C16H20BrN3O2. The second kappa shape index (κ2) is 6.38. The summed E-state index contributed by atoms with van der Waals surface area (Å²) in [4.78, 5) is 19.5. The number of aliphatic hydroxyl groups excluding tert-OH is 1. The highest BCUT2D eigenvalue weighted by molar-refractivity contribution is 9.10. The number of aryl methyl sites for hydroxylation is 1. The van der Waals surface area contributed by atoms with Crippen molar-refractivity contribution in [2.24, 2.45) is 0 Å². The average Bonchev–Trinajstić information content (AvgIpc) is 2.82. The highest BCUT2D eigenvalue weighted by Gasteiger charge is 2.30. The summed E-state index contributed by atoms with van der Waals surface area (Å²) in [5.74, 6) is 0.0150. The zero-order valence-corrected chi connectivity index (χ0v) is 14.2. The molecule has 1 amide bonds. The molecule has 1 aliphatic heterocycles. The van der Waals surface area contributed by atoms with Crippen LogP contribution >= 0.6 is 15.9 Å². The van der Waals surface area contributed by atoms with Gasteiger partial charge in [0.2, 0.25) is 0 Å². The third-order valence-corrected chi connectivity index (χ3v) is 4.78. The van der Waals surface area contributed by atoms with Gasteiger partial charge in [-0.15, -0.1) is 0 Å². The Bertz CT molecular complexity index is 696. The highest BCUT2D eigenvalue weighted by Crippen LogP contribution is 2.24. The quantitative estimate of drug-likeness (QED) is 0.909. The van der Waals surface area contributed by atoms with Gasteiger partial charge in [0.15, 0.2) is 0 Å². The van der Waals surface area contributed by atoms with Crippen LogP contribution in [0.5, 0.6) is 0 Å². The van der Waals surface area contributed by atoms with Gasteiger partial charge in [0.25, 0.3) is 5.91 Å². The molecule has 2 aromatic rings. The lowest BCUT2D eigenvalue weighted by Gasteiger charge is -2.35. The van der Waals surface area contributed by atoms with Gasteiger partial charge >= 0.3 is 0 Å². The molecule has 0 saturated carbocycles. The summed E-state index contributed by atoms with van der Waals surface area (Å²) >= 11 is 3.45. The van der Waals surface area contributed by atoms with E-state index in [1.807, 2.05) is 34.6 Å². The fourth-order valence-electron chi connectivity index (χ4n) is 3.25. The first-order valence-corrected chi connectivity index (χ1v) is 8.47. The van der Waals surface area contributed by atoms with Crippen LogP contribution in [0.4, 0.5) is 0 Å². The maximum absolute atomic E-state index is 13.1. The van der Waals surface area contributed by atoms with Gasteiger partial charge < -0.3 is 10.0 Å². The summed E-state index contributed by atoms with van der Waals surface area (Å²) in [6.07, 6.45) is 5.63. The summed E-state index contributed by atoms with van der Waals surface area (Å²) in [6, 6.07) is 3.95. The molecule has 1 fully saturated rings. The van der Waals surface area contributed by atoms with Crippen LogP contribution in [-0.2, 0) is 0 Å². The van der Waals surface area contributed by atoms with E-state index in [2.05, 4.69) is 20.9 Å². The predicted octanol–water partition coefficient (Wildman–Crippen LogP) is 2.78. The fourth-order valence-corrected chi connectivity index (χ4v) is 3.58. The summed E-state index contributed by atoms with van der Waals surface area (Å²) in [7, 11) is 0. The van der Waals surface area contributed by atoms with Crippen LogP contribution in [0.25, 0.3) is 5.65 Å². The molecule has 0 aliphatic carbocycles. The highest BCUT2D eigenvalue weighted by atomic mass is 79.9. The molecule has 22 heavy (non-hydrogen) atoms. The van der Waals surface area contributed by atoms with E-state index in [1.165, 1.54) is 0 Å². The maximum Gasteiger partial charge on any atom is 0.273 e. The number of hydrogen-bond acceptors (Lipinski definition) is 3. The molecule has 2 aromatic heterocycles. The molecule has 1 atom stereocenters. The molecule has 118 valence electrons. The number of aromatic nitrogens is 2. The molecule has 6 heteroatoms. The van der Waals surface area contributed by atoms with Crippen LogP contribution in [0.1, 0.15) is 41.9 Å². The van der Waals surface area contributed by atoms with Crippen LogP contribution in [0.2, 0.25) is 0 Å². The Morgan fingerprint density at radius 1 is 1.45 bits per heavy atom. The van der Waals surface area contributed by atoms with Crippen LogP contribution in [0, 0.1) is 6.92 Å². The topological polar surface area (TPSA) is 57.8 Å². The van der Waals surface area contributed by atoms with E-state index in [0.717, 1.165) is 41.6 Å². The minimum Gasteiger partial charge on any atom is -0.396 e. The normalized spacial score (nSPS) is 18.9. The number of amides is 1. The lowest BCUT2D eigenvalue weighted by atomic mass is 9.99. The lowest BCUT2D eigenvalue weighted by Crippen LogP contribution is -2.44. The number of imidazole rings is 1. The molecule has 1 saturated heterocycles. The van der Waals surface area contributed by atoms with Crippen molar-refractivity contribution in [2.45, 2.75) is 38.6 Å². The number of rotatable bonds is 3. The van der Waals surface area contributed by atoms with Crippen molar-refractivity contribution in [3.05, 3.63) is 34.2 Å². The van der Waals surface area contributed by atoms with E-state index in [9.17, 15) is 9.90 Å². The first-order chi connectivity index (χ1) is 10.6. The van der Waals surface area contributed by atoms with E-state index in [1.54, 1.807) is 0 Å². The Kier molecular flexibility index (Phi) is 4.49. The first kappa shape index (κ1) is 15.5. The standard InChI is InChI=1S/C16H20BrN3O2/c1-11-15(20-10-12(17)5-6-14(20)18-11)16(22)19-8-3-2-4-13(19)7-9-21/h5-6,10,13,21H,2-4,7-9H2,1H3. The van der Waals surface area contributed by atoms with Crippen molar-refractivity contribution >= 4 is 27.5 Å². The third-order valence-electron chi connectivity index (χ3n) is 4.31. The van der Waals surface area contributed by atoms with Crippen LogP contribution in [-0.4, -0.2) is 44.5 Å². The Labute approximate surface area is 138 Å². The monoisotopic (exact) mass is 365 g/mol. The molecular weight excluding hydrogens is 346 g/mol. The number of halogens is 1. The SMILES string of the molecule is Cc1nc2ccc(Br)cn2c1C(=O)N1CCCCC1CCO. The van der Waals surface area contributed by atoms with Crippen molar-refractivity contribution in [3.8, 4) is 0 Å². The molecule has 3 rings (SSSR count). The van der Waals surface area contributed by atoms with Gasteiger partial charge in [0.1, 0.15) is 11.3 Å². The van der Waals surface area contributed by atoms with Gasteiger partial charge in [-0.05, 0) is 60.7 Å². The van der Waals surface area contributed by atoms with Crippen LogP contribution < -0.4 is 0 Å². The second-order valence-electron chi connectivity index (χ2n) is 5.78. The Morgan fingerprint density at radius 2 is 2.27 bits per heavy atom. The van der Waals surface area contributed by atoms with Crippen molar-refractivity contribution in [2.75, 3.05) is 13.2 Å².